The molecule has 1 aliphatic rings. The predicted octanol–water partition coefficient (Wildman–Crippen LogP) is 2.98. The normalized spacial score (nSPS) is 35.3. The van der Waals surface area contributed by atoms with Crippen molar-refractivity contribution in [3.05, 3.63) is 0 Å². The van der Waals surface area contributed by atoms with Crippen LogP contribution in [0, 0.1) is 0 Å². The molecule has 1 saturated heterocycles. The molecule has 0 nitrogen and oxygen atoms in total. The Labute approximate surface area is 66.2 Å². The summed E-state index contributed by atoms with van der Waals surface area (Å²) in [6.07, 6.45) is 2.71. The van der Waals surface area contributed by atoms with Gasteiger partial charge in [0.05, 0.1) is 0 Å². The van der Waals surface area contributed by atoms with Crippen LogP contribution in [0.25, 0.3) is 0 Å². The van der Waals surface area contributed by atoms with E-state index >= 15 is 0 Å². The van der Waals surface area contributed by atoms with Crippen LogP contribution >= 0.6 is 23.5 Å². The van der Waals surface area contributed by atoms with E-state index in [9.17, 15) is 0 Å². The van der Waals surface area contributed by atoms with Crippen LogP contribution in [0.3, 0.4) is 0 Å². The van der Waals surface area contributed by atoms with Gasteiger partial charge in [-0.2, -0.15) is 0 Å². The van der Waals surface area contributed by atoms with Crippen LogP contribution in [-0.2, 0) is 0 Å². The fourth-order valence-electron chi connectivity index (χ4n) is 1.19. The van der Waals surface area contributed by atoms with Crippen LogP contribution in [0.1, 0.15) is 26.7 Å². The van der Waals surface area contributed by atoms with Gasteiger partial charge in [-0.1, -0.05) is 13.8 Å². The first kappa shape index (κ1) is 7.80. The van der Waals surface area contributed by atoms with E-state index in [4.69, 9.17) is 0 Å². The molecule has 0 aromatic rings. The molecule has 54 valence electrons. The number of thioether (sulfide) groups is 2. The minimum atomic E-state index is 0.958. The van der Waals surface area contributed by atoms with Crippen molar-refractivity contribution >= 4 is 23.5 Å². The maximum Gasteiger partial charge on any atom is 0.0398 e. The zero-order valence-corrected chi connectivity index (χ0v) is 7.73. The third kappa shape index (κ3) is 1.81. The van der Waals surface area contributed by atoms with Crippen molar-refractivity contribution in [2.45, 2.75) is 37.2 Å². The van der Waals surface area contributed by atoms with Crippen molar-refractivity contribution < 1.29 is 0 Å². The van der Waals surface area contributed by atoms with Gasteiger partial charge in [0.1, 0.15) is 0 Å². The fraction of sp³-hybridized carbons (Fsp3) is 1.00. The summed E-state index contributed by atoms with van der Waals surface area (Å²) in [6, 6.07) is 0. The van der Waals surface area contributed by atoms with Gasteiger partial charge in [-0.3, -0.25) is 0 Å². The Hall–Kier alpha value is 0.700. The van der Waals surface area contributed by atoms with Gasteiger partial charge in [-0.15, -0.1) is 23.5 Å². The summed E-state index contributed by atoms with van der Waals surface area (Å²) in [4.78, 5) is 0. The van der Waals surface area contributed by atoms with Crippen LogP contribution in [0.15, 0.2) is 0 Å². The number of hydrogen-bond acceptors (Lipinski definition) is 2. The van der Waals surface area contributed by atoms with Crippen LogP contribution in [0.2, 0.25) is 0 Å². The monoisotopic (exact) mass is 162 g/mol. The molecule has 2 unspecified atom stereocenters. The summed E-state index contributed by atoms with van der Waals surface area (Å²) in [7, 11) is 0. The summed E-state index contributed by atoms with van der Waals surface area (Å²) in [5, 5.41) is 3.25. The van der Waals surface area contributed by atoms with Gasteiger partial charge in [0.2, 0.25) is 0 Å². The van der Waals surface area contributed by atoms with E-state index in [-0.39, 0.29) is 0 Å². The molecule has 0 aliphatic carbocycles. The van der Waals surface area contributed by atoms with Crippen molar-refractivity contribution in [1.29, 1.82) is 0 Å². The second-order valence-electron chi connectivity index (χ2n) is 2.34. The number of hydrogen-bond donors (Lipinski definition) is 0. The lowest BCUT2D eigenvalue weighted by molar-refractivity contribution is 0.745. The Balaban J connectivity index is 2.32. The fourth-order valence-corrected chi connectivity index (χ4v) is 4.66. The van der Waals surface area contributed by atoms with Gasteiger partial charge in [0.25, 0.3) is 0 Å². The SMILES string of the molecule is CCC1SCSC1CC. The molecular weight excluding hydrogens is 148 g/mol. The first-order chi connectivity index (χ1) is 4.38. The highest BCUT2D eigenvalue weighted by Gasteiger charge is 2.24. The third-order valence-electron chi connectivity index (χ3n) is 1.78. The lowest BCUT2D eigenvalue weighted by Gasteiger charge is -2.12. The van der Waals surface area contributed by atoms with E-state index in [1.165, 1.54) is 17.9 Å². The molecule has 1 aliphatic heterocycles. The summed E-state index contributed by atoms with van der Waals surface area (Å²) >= 11 is 4.28. The van der Waals surface area contributed by atoms with Crippen molar-refractivity contribution in [2.75, 3.05) is 5.08 Å². The molecule has 0 spiro atoms. The summed E-state index contributed by atoms with van der Waals surface area (Å²) in [6.45, 7) is 4.60. The lowest BCUT2D eigenvalue weighted by Crippen LogP contribution is -2.12. The largest absolute Gasteiger partial charge is 0.146 e. The Kier molecular flexibility index (Phi) is 3.27. The van der Waals surface area contributed by atoms with Crippen LogP contribution < -0.4 is 0 Å². The highest BCUT2D eigenvalue weighted by Crippen LogP contribution is 2.39. The number of rotatable bonds is 2. The summed E-state index contributed by atoms with van der Waals surface area (Å²) in [5.74, 6) is 0. The predicted molar refractivity (Wildman–Crippen MR) is 48.2 cm³/mol. The Bertz CT molecular complexity index is 73.0. The minimum Gasteiger partial charge on any atom is -0.146 e. The highest BCUT2D eigenvalue weighted by atomic mass is 32.2. The Morgan fingerprint density at radius 1 is 1.11 bits per heavy atom. The molecule has 0 radical (unpaired) electrons. The van der Waals surface area contributed by atoms with Gasteiger partial charge in [0, 0.05) is 15.6 Å². The van der Waals surface area contributed by atoms with E-state index in [0.717, 1.165) is 10.5 Å². The molecule has 2 atom stereocenters. The molecule has 0 amide bonds. The molecule has 1 fully saturated rings. The van der Waals surface area contributed by atoms with E-state index in [2.05, 4.69) is 37.4 Å². The topological polar surface area (TPSA) is 0 Å². The van der Waals surface area contributed by atoms with E-state index in [0.29, 0.717) is 0 Å². The van der Waals surface area contributed by atoms with E-state index < -0.39 is 0 Å². The second-order valence-corrected chi connectivity index (χ2v) is 5.17. The van der Waals surface area contributed by atoms with Crippen molar-refractivity contribution in [3.8, 4) is 0 Å². The van der Waals surface area contributed by atoms with E-state index in [1.54, 1.807) is 0 Å². The maximum absolute atomic E-state index is 2.30. The first-order valence-electron chi connectivity index (χ1n) is 3.61. The molecule has 1 rings (SSSR count). The van der Waals surface area contributed by atoms with Crippen LogP contribution in [-0.4, -0.2) is 15.6 Å². The first-order valence-corrected chi connectivity index (χ1v) is 5.71. The minimum absolute atomic E-state index is 0.958. The Morgan fingerprint density at radius 2 is 1.56 bits per heavy atom. The quantitative estimate of drug-likeness (QED) is 0.612. The standard InChI is InChI=1S/C7H14S2/c1-3-6-7(4-2)9-5-8-6/h6-7H,3-5H2,1-2H3. The van der Waals surface area contributed by atoms with Gasteiger partial charge < -0.3 is 0 Å². The van der Waals surface area contributed by atoms with Gasteiger partial charge in [-0.05, 0) is 12.8 Å². The molecule has 0 N–H and O–H groups in total. The van der Waals surface area contributed by atoms with Crippen molar-refractivity contribution in [1.82, 2.24) is 0 Å². The molecule has 1 heterocycles. The average molecular weight is 162 g/mol. The summed E-state index contributed by atoms with van der Waals surface area (Å²) in [5.41, 5.74) is 0. The van der Waals surface area contributed by atoms with Crippen LogP contribution in [0.5, 0.6) is 0 Å². The molecule has 9 heavy (non-hydrogen) atoms. The van der Waals surface area contributed by atoms with Gasteiger partial charge in [-0.25, -0.2) is 0 Å². The van der Waals surface area contributed by atoms with Gasteiger partial charge in [0.15, 0.2) is 0 Å². The zero-order valence-electron chi connectivity index (χ0n) is 6.09. The van der Waals surface area contributed by atoms with E-state index in [1.807, 2.05) is 0 Å². The second kappa shape index (κ2) is 3.77. The zero-order chi connectivity index (χ0) is 6.69. The van der Waals surface area contributed by atoms with Crippen molar-refractivity contribution in [2.24, 2.45) is 0 Å². The van der Waals surface area contributed by atoms with Crippen molar-refractivity contribution in [3.63, 3.8) is 0 Å². The smallest absolute Gasteiger partial charge is 0.0398 e. The maximum atomic E-state index is 2.30. The lowest BCUT2D eigenvalue weighted by atomic mass is 10.2. The average Bonchev–Trinajstić information content (AvgIpc) is 2.33. The molecule has 0 bridgehead atoms. The molecule has 0 aromatic heterocycles. The van der Waals surface area contributed by atoms with Gasteiger partial charge >= 0.3 is 0 Å². The molecule has 0 saturated carbocycles. The molecule has 2 heteroatoms. The Morgan fingerprint density at radius 3 is 1.89 bits per heavy atom. The highest BCUT2D eigenvalue weighted by molar-refractivity contribution is 8.19. The molecule has 0 aromatic carbocycles. The van der Waals surface area contributed by atoms with Crippen LogP contribution in [0.4, 0.5) is 0 Å². The molecular formula is C7H14S2. The third-order valence-corrected chi connectivity index (χ3v) is 5.22. The summed E-state index contributed by atoms with van der Waals surface area (Å²) < 4.78 is 0.